The first-order valence-corrected chi connectivity index (χ1v) is 13.1. The Morgan fingerprint density at radius 3 is 2.35 bits per heavy atom. The van der Waals surface area contributed by atoms with Crippen molar-refractivity contribution < 1.29 is 17.9 Å². The van der Waals surface area contributed by atoms with Crippen LogP contribution in [0.3, 0.4) is 0 Å². The lowest BCUT2D eigenvalue weighted by atomic mass is 10.1. The minimum atomic E-state index is -3.46. The molecule has 0 unspecified atom stereocenters. The maximum absolute atomic E-state index is 12.8. The lowest BCUT2D eigenvalue weighted by Gasteiger charge is -2.25. The van der Waals surface area contributed by atoms with Gasteiger partial charge in [0.15, 0.2) is 5.75 Å². The van der Waals surface area contributed by atoms with Gasteiger partial charge >= 0.3 is 0 Å². The molecule has 178 valence electrons. The molecule has 1 fully saturated rings. The Bertz CT molecular complexity index is 1230. The molecule has 34 heavy (non-hydrogen) atoms. The Kier molecular flexibility index (Phi) is 7.88. The molecule has 0 aliphatic carbocycles. The number of rotatable bonds is 8. The van der Waals surface area contributed by atoms with E-state index in [1.54, 1.807) is 46.8 Å². The zero-order valence-electron chi connectivity index (χ0n) is 18.7. The van der Waals surface area contributed by atoms with E-state index >= 15 is 0 Å². The molecule has 1 saturated heterocycles. The summed E-state index contributed by atoms with van der Waals surface area (Å²) in [5, 5.41) is 3.36. The number of piperidine rings is 1. The van der Waals surface area contributed by atoms with Crippen molar-refractivity contribution >= 4 is 33.2 Å². The molecule has 0 aromatic heterocycles. The van der Waals surface area contributed by atoms with Crippen LogP contribution in [-0.4, -0.2) is 31.7 Å². The molecular weight excluding hydrogens is 472 g/mol. The number of carbonyl (C=O) groups is 1. The van der Waals surface area contributed by atoms with Crippen LogP contribution in [0.4, 0.5) is 5.69 Å². The number of amides is 1. The summed E-state index contributed by atoms with van der Waals surface area (Å²) in [6.45, 7) is 1.15. The fourth-order valence-electron chi connectivity index (χ4n) is 3.86. The number of nitrogens with zero attached hydrogens (tertiary/aromatic N) is 1. The second-order valence-corrected chi connectivity index (χ2v) is 10.6. The summed E-state index contributed by atoms with van der Waals surface area (Å²) >= 11 is 6.12. The molecule has 8 heteroatoms. The van der Waals surface area contributed by atoms with E-state index < -0.39 is 10.0 Å². The number of carbonyl (C=O) groups excluding carboxylic acids is 1. The molecule has 1 amide bonds. The van der Waals surface area contributed by atoms with E-state index in [1.807, 2.05) is 30.3 Å². The molecule has 1 aliphatic heterocycles. The first kappa shape index (κ1) is 24.3. The molecule has 0 radical (unpaired) electrons. The Morgan fingerprint density at radius 1 is 0.941 bits per heavy atom. The molecule has 3 aromatic rings. The zero-order valence-corrected chi connectivity index (χ0v) is 20.3. The number of anilines is 1. The summed E-state index contributed by atoms with van der Waals surface area (Å²) in [6.07, 6.45) is 3.58. The van der Waals surface area contributed by atoms with Crippen molar-refractivity contribution in [2.75, 3.05) is 18.4 Å². The normalized spacial score (nSPS) is 14.5. The highest BCUT2D eigenvalue weighted by Crippen LogP contribution is 2.32. The van der Waals surface area contributed by atoms with Crippen LogP contribution in [0.15, 0.2) is 77.7 Å². The molecule has 0 atom stereocenters. The number of aryl methyl sites for hydroxylation is 1. The number of para-hydroxylation sites is 1. The van der Waals surface area contributed by atoms with Crippen molar-refractivity contribution in [1.82, 2.24) is 4.31 Å². The van der Waals surface area contributed by atoms with Crippen LogP contribution >= 0.6 is 11.6 Å². The number of nitrogens with one attached hydrogen (secondary N) is 1. The predicted octanol–water partition coefficient (Wildman–Crippen LogP) is 5.88. The number of hydrogen-bond donors (Lipinski definition) is 1. The highest BCUT2D eigenvalue weighted by atomic mass is 35.5. The van der Waals surface area contributed by atoms with Gasteiger partial charge in [-0.2, -0.15) is 4.31 Å². The molecule has 6 nitrogen and oxygen atoms in total. The number of ether oxygens (including phenoxy) is 1. The second kappa shape index (κ2) is 11.0. The molecule has 3 aromatic carbocycles. The first-order chi connectivity index (χ1) is 16.4. The standard InChI is InChI=1S/C26H27ClN2O4S/c27-21-12-15-25(33-22-7-3-1-4-8-22)24(19-21)28-26(30)16-11-20-9-13-23(14-10-20)34(31,32)29-17-5-2-6-18-29/h1,3-4,7-10,12-15,19H,2,5-6,11,16-18H2,(H,28,30). The summed E-state index contributed by atoms with van der Waals surface area (Å²) in [4.78, 5) is 12.9. The lowest BCUT2D eigenvalue weighted by Crippen LogP contribution is -2.35. The van der Waals surface area contributed by atoms with Gasteiger partial charge in [-0.15, -0.1) is 0 Å². The van der Waals surface area contributed by atoms with E-state index in [-0.39, 0.29) is 12.3 Å². The third kappa shape index (κ3) is 6.17. The predicted molar refractivity (Wildman–Crippen MR) is 134 cm³/mol. The minimum absolute atomic E-state index is 0.190. The maximum Gasteiger partial charge on any atom is 0.243 e. The van der Waals surface area contributed by atoms with Crippen LogP contribution in [0, 0.1) is 0 Å². The van der Waals surface area contributed by atoms with Crippen LogP contribution < -0.4 is 10.1 Å². The van der Waals surface area contributed by atoms with Gasteiger partial charge in [-0.3, -0.25) is 4.79 Å². The summed E-state index contributed by atoms with van der Waals surface area (Å²) in [5.74, 6) is 0.960. The lowest BCUT2D eigenvalue weighted by molar-refractivity contribution is -0.116. The monoisotopic (exact) mass is 498 g/mol. The van der Waals surface area contributed by atoms with Gasteiger partial charge in [0.1, 0.15) is 5.75 Å². The number of halogens is 1. The van der Waals surface area contributed by atoms with E-state index in [4.69, 9.17) is 16.3 Å². The molecule has 1 heterocycles. The molecular formula is C26H27ClN2O4S. The van der Waals surface area contributed by atoms with Gasteiger partial charge in [0, 0.05) is 24.5 Å². The van der Waals surface area contributed by atoms with Crippen molar-refractivity contribution in [2.24, 2.45) is 0 Å². The Hall–Kier alpha value is -2.87. The summed E-state index contributed by atoms with van der Waals surface area (Å²) in [6, 6.07) is 21.1. The van der Waals surface area contributed by atoms with E-state index in [2.05, 4.69) is 5.32 Å². The zero-order chi connectivity index (χ0) is 24.0. The van der Waals surface area contributed by atoms with Gasteiger partial charge in [-0.25, -0.2) is 8.42 Å². The molecule has 0 saturated carbocycles. The van der Waals surface area contributed by atoms with Gasteiger partial charge in [0.05, 0.1) is 10.6 Å². The molecule has 0 bridgehead atoms. The van der Waals surface area contributed by atoms with E-state index in [0.717, 1.165) is 24.8 Å². The van der Waals surface area contributed by atoms with Crippen LogP contribution in [0.2, 0.25) is 5.02 Å². The first-order valence-electron chi connectivity index (χ1n) is 11.3. The van der Waals surface area contributed by atoms with Crippen molar-refractivity contribution in [3.05, 3.63) is 83.4 Å². The van der Waals surface area contributed by atoms with Crippen molar-refractivity contribution in [2.45, 2.75) is 37.0 Å². The molecule has 1 aliphatic rings. The third-order valence-electron chi connectivity index (χ3n) is 5.70. The largest absolute Gasteiger partial charge is 0.455 e. The number of benzene rings is 3. The van der Waals surface area contributed by atoms with Crippen molar-refractivity contribution in [1.29, 1.82) is 0 Å². The van der Waals surface area contributed by atoms with Crippen LogP contribution in [0.5, 0.6) is 11.5 Å². The highest BCUT2D eigenvalue weighted by Gasteiger charge is 2.25. The summed E-state index contributed by atoms with van der Waals surface area (Å²) < 4.78 is 33.0. The average molecular weight is 499 g/mol. The fourth-order valence-corrected chi connectivity index (χ4v) is 5.55. The Morgan fingerprint density at radius 2 is 1.65 bits per heavy atom. The minimum Gasteiger partial charge on any atom is -0.455 e. The molecule has 4 rings (SSSR count). The molecule has 0 spiro atoms. The van der Waals surface area contributed by atoms with E-state index in [0.29, 0.717) is 46.6 Å². The van der Waals surface area contributed by atoms with Crippen LogP contribution in [-0.2, 0) is 21.2 Å². The average Bonchev–Trinajstić information content (AvgIpc) is 2.86. The van der Waals surface area contributed by atoms with Gasteiger partial charge in [-0.1, -0.05) is 48.4 Å². The molecule has 1 N–H and O–H groups in total. The highest BCUT2D eigenvalue weighted by molar-refractivity contribution is 7.89. The van der Waals surface area contributed by atoms with Crippen molar-refractivity contribution in [3.8, 4) is 11.5 Å². The van der Waals surface area contributed by atoms with Gasteiger partial charge in [0.2, 0.25) is 15.9 Å². The second-order valence-electron chi connectivity index (χ2n) is 8.21. The topological polar surface area (TPSA) is 75.7 Å². The van der Waals surface area contributed by atoms with E-state index in [9.17, 15) is 13.2 Å². The Labute approximate surface area is 205 Å². The number of hydrogen-bond acceptors (Lipinski definition) is 4. The smallest absolute Gasteiger partial charge is 0.243 e. The van der Waals surface area contributed by atoms with Gasteiger partial charge < -0.3 is 10.1 Å². The summed E-state index contributed by atoms with van der Waals surface area (Å²) in [7, 11) is -3.46. The van der Waals surface area contributed by atoms with Crippen LogP contribution in [0.1, 0.15) is 31.2 Å². The Balaban J connectivity index is 1.37. The quantitative estimate of drug-likeness (QED) is 0.421. The maximum atomic E-state index is 12.8. The summed E-state index contributed by atoms with van der Waals surface area (Å²) in [5.41, 5.74) is 1.38. The third-order valence-corrected chi connectivity index (χ3v) is 7.85. The van der Waals surface area contributed by atoms with E-state index in [1.165, 1.54) is 0 Å². The SMILES string of the molecule is O=C(CCc1ccc(S(=O)(=O)N2CCCCC2)cc1)Nc1cc(Cl)ccc1Oc1ccccc1. The van der Waals surface area contributed by atoms with Gasteiger partial charge in [0.25, 0.3) is 0 Å². The van der Waals surface area contributed by atoms with Gasteiger partial charge in [-0.05, 0) is 67.3 Å². The number of sulfonamides is 1. The fraction of sp³-hybridized carbons (Fsp3) is 0.269. The van der Waals surface area contributed by atoms with Crippen LogP contribution in [0.25, 0.3) is 0 Å². The van der Waals surface area contributed by atoms with Crippen molar-refractivity contribution in [3.63, 3.8) is 0 Å².